The number of halogens is 1. The van der Waals surface area contributed by atoms with Crippen molar-refractivity contribution < 1.29 is 28.2 Å². The number of ether oxygens (including phenoxy) is 1. The van der Waals surface area contributed by atoms with Gasteiger partial charge in [-0.25, -0.2) is 17.9 Å². The fourth-order valence-corrected chi connectivity index (χ4v) is 3.52. The first-order valence-electron chi connectivity index (χ1n) is 5.88. The highest BCUT2D eigenvalue weighted by atomic mass is 79.9. The molecule has 0 amide bonds. The lowest BCUT2D eigenvalue weighted by molar-refractivity contribution is 0.0695. The van der Waals surface area contributed by atoms with Crippen molar-refractivity contribution in [1.82, 2.24) is 4.72 Å². The highest BCUT2D eigenvalue weighted by Gasteiger charge is 2.23. The fourth-order valence-electron chi connectivity index (χ4n) is 1.64. The van der Waals surface area contributed by atoms with Crippen LogP contribution in [0, 0.1) is 6.92 Å². The molecule has 0 saturated heterocycles. The third-order valence-corrected chi connectivity index (χ3v) is 5.09. The monoisotopic (exact) mass is 381 g/mol. The molecule has 21 heavy (non-hydrogen) atoms. The van der Waals surface area contributed by atoms with E-state index in [9.17, 15) is 13.2 Å². The first-order chi connectivity index (χ1) is 9.72. The number of carboxylic acids is 1. The molecule has 1 unspecified atom stereocenters. The second-order valence-electron chi connectivity index (χ2n) is 4.34. The lowest BCUT2D eigenvalue weighted by atomic mass is 10.1. The third kappa shape index (κ3) is 4.48. The van der Waals surface area contributed by atoms with E-state index < -0.39 is 28.6 Å². The summed E-state index contributed by atoms with van der Waals surface area (Å²) in [5, 5.41) is 18.2. The smallest absolute Gasteiger partial charge is 0.336 e. The Bertz CT molecular complexity index is 631. The highest BCUT2D eigenvalue weighted by Crippen LogP contribution is 2.25. The zero-order chi connectivity index (χ0) is 16.2. The molecule has 9 heteroatoms. The number of sulfonamides is 1. The maximum Gasteiger partial charge on any atom is 0.336 e. The Morgan fingerprint density at radius 1 is 1.48 bits per heavy atom. The minimum absolute atomic E-state index is 0.00541. The number of carbonyl (C=O) groups is 1. The number of rotatable bonds is 7. The number of aromatic carboxylic acids is 1. The summed E-state index contributed by atoms with van der Waals surface area (Å²) >= 11 is 3.14. The van der Waals surface area contributed by atoms with Crippen LogP contribution in [0.25, 0.3) is 0 Å². The quantitative estimate of drug-likeness (QED) is 0.641. The Hall–Kier alpha value is -1.00. The zero-order valence-electron chi connectivity index (χ0n) is 11.5. The molecule has 0 saturated carbocycles. The molecule has 1 atom stereocenters. The van der Waals surface area contributed by atoms with Gasteiger partial charge in [-0.3, -0.25) is 0 Å². The Morgan fingerprint density at radius 2 is 2.10 bits per heavy atom. The average molecular weight is 382 g/mol. The zero-order valence-corrected chi connectivity index (χ0v) is 13.9. The molecule has 1 rings (SSSR count). The van der Waals surface area contributed by atoms with E-state index in [0.29, 0.717) is 10.0 Å². The van der Waals surface area contributed by atoms with E-state index in [2.05, 4.69) is 20.7 Å². The molecule has 0 fully saturated rings. The topological polar surface area (TPSA) is 113 Å². The molecule has 0 bridgehead atoms. The molecule has 1 aromatic carbocycles. The third-order valence-electron chi connectivity index (χ3n) is 2.77. The molecule has 1 aromatic rings. The van der Waals surface area contributed by atoms with Gasteiger partial charge < -0.3 is 14.9 Å². The van der Waals surface area contributed by atoms with Crippen molar-refractivity contribution in [1.29, 1.82) is 0 Å². The second-order valence-corrected chi connectivity index (χ2v) is 6.91. The molecule has 0 heterocycles. The van der Waals surface area contributed by atoms with Gasteiger partial charge in [0.1, 0.15) is 0 Å². The van der Waals surface area contributed by atoms with E-state index >= 15 is 0 Å². The molecule has 118 valence electrons. The van der Waals surface area contributed by atoms with Crippen LogP contribution in [0.15, 0.2) is 21.5 Å². The Labute approximate surface area is 131 Å². The minimum Gasteiger partial charge on any atom is -0.478 e. The van der Waals surface area contributed by atoms with Crippen molar-refractivity contribution in [2.75, 3.05) is 20.3 Å². The van der Waals surface area contributed by atoms with Crippen molar-refractivity contribution in [2.45, 2.75) is 17.9 Å². The number of nitrogens with one attached hydrogen (secondary N) is 1. The van der Waals surface area contributed by atoms with Gasteiger partial charge in [0.25, 0.3) is 0 Å². The molecular weight excluding hydrogens is 366 g/mol. The summed E-state index contributed by atoms with van der Waals surface area (Å²) in [5.41, 5.74) is 0.314. The minimum atomic E-state index is -3.97. The molecule has 0 aliphatic rings. The van der Waals surface area contributed by atoms with Gasteiger partial charge in [-0.2, -0.15) is 0 Å². The van der Waals surface area contributed by atoms with Crippen molar-refractivity contribution >= 4 is 31.9 Å². The van der Waals surface area contributed by atoms with Crippen molar-refractivity contribution in [3.8, 4) is 0 Å². The van der Waals surface area contributed by atoms with Gasteiger partial charge in [-0.1, -0.05) is 15.9 Å². The van der Waals surface area contributed by atoms with Gasteiger partial charge >= 0.3 is 5.97 Å². The number of hydrogen-bond donors (Lipinski definition) is 3. The summed E-state index contributed by atoms with van der Waals surface area (Å²) in [7, 11) is -2.60. The summed E-state index contributed by atoms with van der Waals surface area (Å²) in [4.78, 5) is 10.9. The van der Waals surface area contributed by atoms with Crippen molar-refractivity contribution in [3.05, 3.63) is 27.7 Å². The molecule has 7 nitrogen and oxygen atoms in total. The number of aliphatic hydroxyl groups is 1. The number of aliphatic hydroxyl groups excluding tert-OH is 1. The average Bonchev–Trinajstić information content (AvgIpc) is 2.40. The van der Waals surface area contributed by atoms with E-state index in [1.54, 1.807) is 6.92 Å². The van der Waals surface area contributed by atoms with Gasteiger partial charge in [0, 0.05) is 11.6 Å². The van der Waals surface area contributed by atoms with E-state index in [1.165, 1.54) is 13.2 Å². The SMILES string of the molecule is COCC(CO)NS(=O)(=O)c1cc(Br)c(C)c(C(=O)O)c1. The molecule has 0 aliphatic heterocycles. The van der Waals surface area contributed by atoms with Gasteiger partial charge in [0.2, 0.25) is 10.0 Å². The van der Waals surface area contributed by atoms with Crippen LogP contribution in [-0.4, -0.2) is 51.0 Å². The Balaban J connectivity index is 3.23. The van der Waals surface area contributed by atoms with Crippen LogP contribution in [0.4, 0.5) is 0 Å². The summed E-state index contributed by atoms with van der Waals surface area (Å²) in [6.45, 7) is 1.12. The van der Waals surface area contributed by atoms with Crippen molar-refractivity contribution in [2.24, 2.45) is 0 Å². The predicted octanol–water partition coefficient (Wildman–Crippen LogP) is 0.741. The number of hydrogen-bond acceptors (Lipinski definition) is 5. The van der Waals surface area contributed by atoms with Gasteiger partial charge in [-0.05, 0) is 24.6 Å². The van der Waals surface area contributed by atoms with E-state index in [1.807, 2.05) is 0 Å². The molecular formula is C12H16BrNO6S. The van der Waals surface area contributed by atoms with E-state index in [4.69, 9.17) is 14.9 Å². The maximum atomic E-state index is 12.2. The molecule has 0 radical (unpaired) electrons. The number of benzene rings is 1. The van der Waals surface area contributed by atoms with Crippen LogP contribution in [-0.2, 0) is 14.8 Å². The van der Waals surface area contributed by atoms with Crippen LogP contribution < -0.4 is 4.72 Å². The van der Waals surface area contributed by atoms with Crippen LogP contribution >= 0.6 is 15.9 Å². The first kappa shape index (κ1) is 18.1. The van der Waals surface area contributed by atoms with Crippen LogP contribution in [0.1, 0.15) is 15.9 Å². The normalized spacial score (nSPS) is 13.1. The van der Waals surface area contributed by atoms with E-state index in [0.717, 1.165) is 6.07 Å². The molecule has 3 N–H and O–H groups in total. The van der Waals surface area contributed by atoms with Gasteiger partial charge in [0.15, 0.2) is 0 Å². The summed E-state index contributed by atoms with van der Waals surface area (Å²) in [5.74, 6) is -1.22. The standard InChI is InChI=1S/C12H16BrNO6S/c1-7-10(12(16)17)3-9(4-11(7)13)21(18,19)14-8(5-15)6-20-2/h3-4,8,14-15H,5-6H2,1-2H3,(H,16,17). The molecule has 0 spiro atoms. The second kappa shape index (κ2) is 7.32. The van der Waals surface area contributed by atoms with Gasteiger partial charge in [-0.15, -0.1) is 0 Å². The highest BCUT2D eigenvalue weighted by molar-refractivity contribution is 9.10. The fraction of sp³-hybridized carbons (Fsp3) is 0.417. The lowest BCUT2D eigenvalue weighted by Gasteiger charge is -2.16. The Morgan fingerprint density at radius 3 is 2.57 bits per heavy atom. The largest absolute Gasteiger partial charge is 0.478 e. The van der Waals surface area contributed by atoms with Crippen LogP contribution in [0.3, 0.4) is 0 Å². The summed E-state index contributed by atoms with van der Waals surface area (Å²) in [6.07, 6.45) is 0. The van der Waals surface area contributed by atoms with Crippen molar-refractivity contribution in [3.63, 3.8) is 0 Å². The van der Waals surface area contributed by atoms with E-state index in [-0.39, 0.29) is 17.1 Å². The summed E-state index contributed by atoms with van der Waals surface area (Å²) in [6, 6.07) is 1.57. The molecule has 0 aliphatic carbocycles. The lowest BCUT2D eigenvalue weighted by Crippen LogP contribution is -2.40. The predicted molar refractivity (Wildman–Crippen MR) is 78.9 cm³/mol. The molecule has 0 aromatic heterocycles. The summed E-state index contributed by atoms with van der Waals surface area (Å²) < 4.78 is 31.9. The van der Waals surface area contributed by atoms with Crippen LogP contribution in [0.5, 0.6) is 0 Å². The Kier molecular flexibility index (Phi) is 6.29. The first-order valence-corrected chi connectivity index (χ1v) is 8.16. The van der Waals surface area contributed by atoms with Crippen LogP contribution in [0.2, 0.25) is 0 Å². The van der Waals surface area contributed by atoms with Gasteiger partial charge in [0.05, 0.1) is 29.7 Å². The number of carboxylic acid groups (broad SMARTS) is 1. The maximum absolute atomic E-state index is 12.2. The number of methoxy groups -OCH3 is 1.